The van der Waals surface area contributed by atoms with Crippen LogP contribution in [0, 0.1) is 13.8 Å². The fourth-order valence-electron chi connectivity index (χ4n) is 3.29. The summed E-state index contributed by atoms with van der Waals surface area (Å²) in [4.78, 5) is 20.9. The van der Waals surface area contributed by atoms with Crippen molar-refractivity contribution >= 4 is 11.3 Å². The van der Waals surface area contributed by atoms with Crippen LogP contribution in [0.4, 0.5) is 0 Å². The Labute approximate surface area is 128 Å². The molecule has 5 heteroatoms. The topological polar surface area (TPSA) is 57.8 Å². The number of nitrogens with zero attached hydrogens (tertiary/aromatic N) is 1. The maximum atomic E-state index is 12.2. The van der Waals surface area contributed by atoms with Crippen molar-refractivity contribution in [1.29, 1.82) is 0 Å². The molecule has 0 saturated heterocycles. The summed E-state index contributed by atoms with van der Waals surface area (Å²) < 4.78 is 0. The van der Waals surface area contributed by atoms with Gasteiger partial charge >= 0.3 is 0 Å². The predicted molar refractivity (Wildman–Crippen MR) is 85.9 cm³/mol. The van der Waals surface area contributed by atoms with Crippen molar-refractivity contribution in [3.05, 3.63) is 49.3 Å². The minimum absolute atomic E-state index is 0.00213. The average Bonchev–Trinajstić information content (AvgIpc) is 2.86. The number of nitrogens with one attached hydrogen (secondary N) is 2. The van der Waals surface area contributed by atoms with Crippen molar-refractivity contribution < 1.29 is 0 Å². The molecular weight excluding hydrogens is 282 g/mol. The summed E-state index contributed by atoms with van der Waals surface area (Å²) in [6.07, 6.45) is 3.52. The zero-order chi connectivity index (χ0) is 15.0. The Balaban J connectivity index is 1.86. The van der Waals surface area contributed by atoms with Gasteiger partial charge in [-0.3, -0.25) is 4.79 Å². The Bertz CT molecular complexity index is 704. The summed E-state index contributed by atoms with van der Waals surface area (Å²) in [5, 5.41) is 5.79. The van der Waals surface area contributed by atoms with E-state index < -0.39 is 0 Å². The van der Waals surface area contributed by atoms with Gasteiger partial charge in [-0.1, -0.05) is 0 Å². The molecule has 1 aliphatic rings. The summed E-state index contributed by atoms with van der Waals surface area (Å²) >= 11 is 1.84. The number of aryl methyl sites for hydroxylation is 3. The van der Waals surface area contributed by atoms with E-state index in [1.54, 1.807) is 0 Å². The lowest BCUT2D eigenvalue weighted by molar-refractivity contribution is 0.415. The van der Waals surface area contributed by atoms with E-state index in [1.165, 1.54) is 23.3 Å². The zero-order valence-electron chi connectivity index (χ0n) is 12.7. The van der Waals surface area contributed by atoms with Crippen LogP contribution in [0.15, 0.2) is 16.2 Å². The first-order valence-electron chi connectivity index (χ1n) is 7.46. The van der Waals surface area contributed by atoms with E-state index in [9.17, 15) is 4.79 Å². The number of hydrogen-bond acceptors (Lipinski definition) is 4. The molecule has 4 nitrogen and oxygen atoms in total. The Morgan fingerprint density at radius 2 is 2.29 bits per heavy atom. The standard InChI is InChI=1S/C16H21N3OS/c1-9-15(16(20)19-11(3)17-9)10(2)18-13-5-4-6-14-12(13)7-8-21-14/h7-8,10,13,18H,4-6H2,1-3H3,(H,17,19,20). The molecule has 0 saturated carbocycles. The Morgan fingerprint density at radius 1 is 1.48 bits per heavy atom. The first-order chi connectivity index (χ1) is 10.1. The van der Waals surface area contributed by atoms with E-state index in [-0.39, 0.29) is 11.6 Å². The highest BCUT2D eigenvalue weighted by atomic mass is 32.1. The third kappa shape index (κ3) is 2.80. The van der Waals surface area contributed by atoms with E-state index in [4.69, 9.17) is 0 Å². The van der Waals surface area contributed by atoms with Crippen LogP contribution in [0.1, 0.15) is 59.4 Å². The molecule has 2 heterocycles. The van der Waals surface area contributed by atoms with Gasteiger partial charge in [0.05, 0.1) is 5.56 Å². The summed E-state index contributed by atoms with van der Waals surface area (Å²) in [6, 6.07) is 2.56. The van der Waals surface area contributed by atoms with Gasteiger partial charge in [-0.15, -0.1) is 11.3 Å². The van der Waals surface area contributed by atoms with Crippen molar-refractivity contribution in [1.82, 2.24) is 15.3 Å². The van der Waals surface area contributed by atoms with Crippen LogP contribution < -0.4 is 10.9 Å². The van der Waals surface area contributed by atoms with Crippen LogP contribution in [0.5, 0.6) is 0 Å². The van der Waals surface area contributed by atoms with Gasteiger partial charge in [0.1, 0.15) is 5.82 Å². The number of H-pyrrole nitrogens is 1. The molecule has 0 aliphatic heterocycles. The van der Waals surface area contributed by atoms with E-state index in [2.05, 4.69) is 33.7 Å². The van der Waals surface area contributed by atoms with E-state index in [0.717, 1.165) is 17.7 Å². The largest absolute Gasteiger partial charge is 0.310 e. The molecule has 0 radical (unpaired) electrons. The maximum Gasteiger partial charge on any atom is 0.255 e. The first-order valence-corrected chi connectivity index (χ1v) is 8.34. The highest BCUT2D eigenvalue weighted by Gasteiger charge is 2.24. The lowest BCUT2D eigenvalue weighted by Crippen LogP contribution is -2.32. The lowest BCUT2D eigenvalue weighted by atomic mass is 9.93. The second-order valence-corrected chi connectivity index (χ2v) is 6.78. The fraction of sp³-hybridized carbons (Fsp3) is 0.500. The number of thiophene rings is 1. The van der Waals surface area contributed by atoms with Gasteiger partial charge in [0.25, 0.3) is 5.56 Å². The van der Waals surface area contributed by atoms with Gasteiger partial charge < -0.3 is 10.3 Å². The van der Waals surface area contributed by atoms with Crippen molar-refractivity contribution in [2.75, 3.05) is 0 Å². The monoisotopic (exact) mass is 303 g/mol. The van der Waals surface area contributed by atoms with Crippen LogP contribution in [-0.2, 0) is 6.42 Å². The Kier molecular flexibility index (Phi) is 3.95. The molecule has 0 amide bonds. The number of aromatic nitrogens is 2. The molecule has 1 aliphatic carbocycles. The highest BCUT2D eigenvalue weighted by Crippen LogP contribution is 2.34. The fourth-order valence-corrected chi connectivity index (χ4v) is 4.28. The summed E-state index contributed by atoms with van der Waals surface area (Å²) in [6.45, 7) is 5.77. The van der Waals surface area contributed by atoms with E-state index in [1.807, 2.05) is 25.2 Å². The Morgan fingerprint density at radius 3 is 3.05 bits per heavy atom. The van der Waals surface area contributed by atoms with Crippen LogP contribution in [0.25, 0.3) is 0 Å². The molecule has 0 bridgehead atoms. The molecule has 112 valence electrons. The van der Waals surface area contributed by atoms with Crippen molar-refractivity contribution in [3.63, 3.8) is 0 Å². The van der Waals surface area contributed by atoms with Crippen LogP contribution in [-0.4, -0.2) is 9.97 Å². The Hall–Kier alpha value is -1.46. The highest BCUT2D eigenvalue weighted by molar-refractivity contribution is 7.10. The number of rotatable bonds is 3. The first kappa shape index (κ1) is 14.5. The molecule has 2 atom stereocenters. The van der Waals surface area contributed by atoms with Gasteiger partial charge in [0.2, 0.25) is 0 Å². The molecule has 2 aromatic rings. The van der Waals surface area contributed by atoms with Gasteiger partial charge in [-0.05, 0) is 57.0 Å². The molecule has 2 unspecified atom stereocenters. The minimum Gasteiger partial charge on any atom is -0.310 e. The SMILES string of the molecule is Cc1nc(C)c(C(C)NC2CCCc3sccc32)c(=O)[nH]1. The quantitative estimate of drug-likeness (QED) is 0.915. The molecule has 0 aromatic carbocycles. The third-order valence-corrected chi connectivity index (χ3v) is 5.20. The summed E-state index contributed by atoms with van der Waals surface area (Å²) in [7, 11) is 0. The number of hydrogen-bond donors (Lipinski definition) is 2. The van der Waals surface area contributed by atoms with Gasteiger partial charge in [-0.25, -0.2) is 4.98 Å². The summed E-state index contributed by atoms with van der Waals surface area (Å²) in [5.74, 6) is 0.672. The van der Waals surface area contributed by atoms with Gasteiger partial charge in [0.15, 0.2) is 0 Å². The third-order valence-electron chi connectivity index (χ3n) is 4.20. The number of aromatic amines is 1. The normalized spacial score (nSPS) is 19.3. The van der Waals surface area contributed by atoms with E-state index >= 15 is 0 Å². The molecule has 0 fully saturated rings. The molecule has 3 rings (SSSR count). The second kappa shape index (κ2) is 5.73. The van der Waals surface area contributed by atoms with Crippen LogP contribution in [0.3, 0.4) is 0 Å². The van der Waals surface area contributed by atoms with Gasteiger partial charge in [0, 0.05) is 22.7 Å². The molecular formula is C16H21N3OS. The van der Waals surface area contributed by atoms with E-state index in [0.29, 0.717) is 11.9 Å². The van der Waals surface area contributed by atoms with Crippen LogP contribution >= 0.6 is 11.3 Å². The van der Waals surface area contributed by atoms with Crippen molar-refractivity contribution in [2.45, 2.75) is 52.1 Å². The molecule has 2 N–H and O–H groups in total. The smallest absolute Gasteiger partial charge is 0.255 e. The predicted octanol–water partition coefficient (Wildman–Crippen LogP) is 3.18. The van der Waals surface area contributed by atoms with Crippen molar-refractivity contribution in [3.8, 4) is 0 Å². The number of fused-ring (bicyclic) bond motifs is 1. The lowest BCUT2D eigenvalue weighted by Gasteiger charge is -2.27. The maximum absolute atomic E-state index is 12.2. The van der Waals surface area contributed by atoms with Crippen LogP contribution in [0.2, 0.25) is 0 Å². The van der Waals surface area contributed by atoms with Gasteiger partial charge in [-0.2, -0.15) is 0 Å². The molecule has 2 aromatic heterocycles. The minimum atomic E-state index is -0.0265. The van der Waals surface area contributed by atoms with Crippen molar-refractivity contribution in [2.24, 2.45) is 0 Å². The molecule has 21 heavy (non-hydrogen) atoms. The molecule has 0 spiro atoms. The summed E-state index contributed by atoms with van der Waals surface area (Å²) in [5.41, 5.74) is 2.95. The average molecular weight is 303 g/mol. The second-order valence-electron chi connectivity index (χ2n) is 5.78. The zero-order valence-corrected chi connectivity index (χ0v) is 13.5.